The summed E-state index contributed by atoms with van der Waals surface area (Å²) in [6.07, 6.45) is 0.890. The van der Waals surface area contributed by atoms with Gasteiger partial charge in [-0.3, -0.25) is 4.98 Å². The minimum atomic E-state index is -0.884. The normalized spacial score (nSPS) is 14.0. The molecule has 1 atom stereocenters. The van der Waals surface area contributed by atoms with Crippen LogP contribution in [0.2, 0.25) is 0 Å². The van der Waals surface area contributed by atoms with Gasteiger partial charge in [-0.1, -0.05) is 31.2 Å². The molecule has 0 saturated heterocycles. The average Bonchev–Trinajstić information content (AvgIpc) is 3.07. The van der Waals surface area contributed by atoms with Crippen LogP contribution in [0.15, 0.2) is 47.8 Å². The van der Waals surface area contributed by atoms with Gasteiger partial charge < -0.3 is 10.4 Å². The molecule has 0 amide bonds. The van der Waals surface area contributed by atoms with Crippen LogP contribution >= 0.6 is 11.3 Å². The molecule has 0 saturated carbocycles. The van der Waals surface area contributed by atoms with E-state index in [0.29, 0.717) is 6.54 Å². The number of aliphatic hydroxyl groups is 1. The molecule has 0 fully saturated rings. The summed E-state index contributed by atoms with van der Waals surface area (Å²) in [7, 11) is 0. The lowest BCUT2D eigenvalue weighted by molar-refractivity contribution is 0.0755. The van der Waals surface area contributed by atoms with E-state index in [9.17, 15) is 5.11 Å². The summed E-state index contributed by atoms with van der Waals surface area (Å²) in [5.74, 6) is 0. The van der Waals surface area contributed by atoms with Gasteiger partial charge in [0.2, 0.25) is 0 Å². The Labute approximate surface area is 134 Å². The van der Waals surface area contributed by atoms with Gasteiger partial charge in [-0.05, 0) is 36.9 Å². The van der Waals surface area contributed by atoms with Crippen molar-refractivity contribution in [3.05, 3.63) is 58.4 Å². The van der Waals surface area contributed by atoms with Crippen LogP contribution in [0.1, 0.15) is 24.4 Å². The van der Waals surface area contributed by atoms with Gasteiger partial charge in [0, 0.05) is 28.2 Å². The molecule has 1 unspecified atom stereocenters. The summed E-state index contributed by atoms with van der Waals surface area (Å²) in [5.41, 5.74) is 2.18. The Balaban J connectivity index is 1.90. The van der Waals surface area contributed by atoms with Crippen molar-refractivity contribution in [3.8, 4) is 0 Å². The highest BCUT2D eigenvalue weighted by Gasteiger charge is 2.24. The van der Waals surface area contributed by atoms with Crippen molar-refractivity contribution in [2.24, 2.45) is 0 Å². The second kappa shape index (κ2) is 6.07. The second-order valence-electron chi connectivity index (χ2n) is 5.64. The molecule has 1 aromatic carbocycles. The summed E-state index contributed by atoms with van der Waals surface area (Å²) in [4.78, 5) is 5.61. The molecule has 4 heteroatoms. The van der Waals surface area contributed by atoms with E-state index in [1.54, 1.807) is 11.3 Å². The van der Waals surface area contributed by atoms with Gasteiger partial charge in [0.1, 0.15) is 5.60 Å². The Hall–Kier alpha value is -1.91. The summed E-state index contributed by atoms with van der Waals surface area (Å²) < 4.78 is 0. The Bertz CT molecular complexity index is 766. The van der Waals surface area contributed by atoms with Crippen molar-refractivity contribution in [2.75, 3.05) is 11.9 Å². The Kier molecular flexibility index (Phi) is 4.14. The van der Waals surface area contributed by atoms with Crippen LogP contribution in [0.5, 0.6) is 0 Å². The lowest BCUT2D eigenvalue weighted by Crippen LogP contribution is -2.29. The zero-order valence-corrected chi connectivity index (χ0v) is 13.7. The topological polar surface area (TPSA) is 45.1 Å². The number of benzene rings is 1. The quantitative estimate of drug-likeness (QED) is 0.743. The molecule has 114 valence electrons. The molecule has 2 aromatic heterocycles. The highest BCUT2D eigenvalue weighted by Crippen LogP contribution is 2.28. The van der Waals surface area contributed by atoms with Gasteiger partial charge in [0.25, 0.3) is 0 Å². The summed E-state index contributed by atoms with van der Waals surface area (Å²) >= 11 is 1.57. The number of thiophene rings is 1. The molecule has 0 spiro atoms. The van der Waals surface area contributed by atoms with Crippen molar-refractivity contribution >= 4 is 27.9 Å². The predicted molar refractivity (Wildman–Crippen MR) is 93.5 cm³/mol. The zero-order chi connectivity index (χ0) is 15.6. The van der Waals surface area contributed by atoms with Gasteiger partial charge in [-0.15, -0.1) is 11.3 Å². The number of rotatable bonds is 5. The molecule has 2 N–H and O–H groups in total. The Morgan fingerprint density at radius 1 is 1.23 bits per heavy atom. The molecule has 3 rings (SSSR count). The highest BCUT2D eigenvalue weighted by molar-refractivity contribution is 7.10. The predicted octanol–water partition coefficient (Wildman–Crippen LogP) is 4.18. The highest BCUT2D eigenvalue weighted by atomic mass is 32.1. The molecule has 2 heterocycles. The monoisotopic (exact) mass is 312 g/mol. The number of aromatic nitrogens is 1. The van der Waals surface area contributed by atoms with Crippen molar-refractivity contribution in [1.29, 1.82) is 0 Å². The largest absolute Gasteiger partial charge is 0.383 e. The molecule has 0 aliphatic rings. The van der Waals surface area contributed by atoms with Crippen molar-refractivity contribution < 1.29 is 5.11 Å². The first kappa shape index (κ1) is 15.0. The molecule has 0 radical (unpaired) electrons. The van der Waals surface area contributed by atoms with Crippen LogP contribution in [0.25, 0.3) is 10.9 Å². The lowest BCUT2D eigenvalue weighted by atomic mass is 10.0. The minimum absolute atomic E-state index is 0.463. The van der Waals surface area contributed by atoms with Gasteiger partial charge in [-0.2, -0.15) is 0 Å². The van der Waals surface area contributed by atoms with Gasteiger partial charge in [0.05, 0.1) is 5.52 Å². The molecule has 3 aromatic rings. The lowest BCUT2D eigenvalue weighted by Gasteiger charge is -2.23. The molecule has 0 aliphatic carbocycles. The fourth-order valence-electron chi connectivity index (χ4n) is 2.50. The molecular formula is C18H20N2OS. The molecule has 3 nitrogen and oxygen atoms in total. The third kappa shape index (κ3) is 2.98. The molecule has 22 heavy (non-hydrogen) atoms. The third-order valence-electron chi connectivity index (χ3n) is 3.81. The van der Waals surface area contributed by atoms with E-state index >= 15 is 0 Å². The van der Waals surface area contributed by atoms with Crippen LogP contribution in [0.3, 0.4) is 0 Å². The molecule has 0 bridgehead atoms. The SMILES string of the molecule is CCc1cc(NCC(C)(O)c2cccs2)c2ccccc2n1. The van der Waals surface area contributed by atoms with E-state index in [1.807, 2.05) is 42.6 Å². The van der Waals surface area contributed by atoms with Crippen LogP contribution in [0, 0.1) is 0 Å². The maximum absolute atomic E-state index is 10.7. The average molecular weight is 312 g/mol. The number of fused-ring (bicyclic) bond motifs is 1. The summed E-state index contributed by atoms with van der Waals surface area (Å²) in [6.45, 7) is 4.41. The number of hydrogen-bond acceptors (Lipinski definition) is 4. The number of para-hydroxylation sites is 1. The number of anilines is 1. The van der Waals surface area contributed by atoms with E-state index in [0.717, 1.165) is 33.6 Å². The van der Waals surface area contributed by atoms with E-state index in [4.69, 9.17) is 0 Å². The minimum Gasteiger partial charge on any atom is -0.383 e. The van der Waals surface area contributed by atoms with E-state index in [-0.39, 0.29) is 0 Å². The van der Waals surface area contributed by atoms with Crippen LogP contribution in [-0.2, 0) is 12.0 Å². The first-order chi connectivity index (χ1) is 10.6. The maximum Gasteiger partial charge on any atom is 0.113 e. The van der Waals surface area contributed by atoms with Gasteiger partial charge >= 0.3 is 0 Å². The standard InChI is InChI=1S/C18H20N2OS/c1-3-13-11-16(14-7-4-5-8-15(14)20-13)19-12-18(2,21)17-9-6-10-22-17/h4-11,21H,3,12H2,1-2H3,(H,19,20). The Morgan fingerprint density at radius 3 is 2.77 bits per heavy atom. The fourth-order valence-corrected chi connectivity index (χ4v) is 3.28. The van der Waals surface area contributed by atoms with Crippen LogP contribution < -0.4 is 5.32 Å². The summed E-state index contributed by atoms with van der Waals surface area (Å²) in [6, 6.07) is 14.1. The van der Waals surface area contributed by atoms with Crippen molar-refractivity contribution in [2.45, 2.75) is 25.9 Å². The van der Waals surface area contributed by atoms with Gasteiger partial charge in [-0.25, -0.2) is 0 Å². The smallest absolute Gasteiger partial charge is 0.113 e. The fraction of sp³-hybridized carbons (Fsp3) is 0.278. The first-order valence-corrected chi connectivity index (χ1v) is 8.37. The first-order valence-electron chi connectivity index (χ1n) is 7.49. The molecular weight excluding hydrogens is 292 g/mol. The Morgan fingerprint density at radius 2 is 2.05 bits per heavy atom. The molecule has 0 aliphatic heterocycles. The number of nitrogens with one attached hydrogen (secondary N) is 1. The number of aryl methyl sites for hydroxylation is 1. The van der Waals surface area contributed by atoms with E-state index in [1.165, 1.54) is 0 Å². The van der Waals surface area contributed by atoms with Crippen molar-refractivity contribution in [1.82, 2.24) is 4.98 Å². The number of nitrogens with zero attached hydrogens (tertiary/aromatic N) is 1. The summed E-state index contributed by atoms with van der Waals surface area (Å²) in [5, 5.41) is 17.1. The van der Waals surface area contributed by atoms with Gasteiger partial charge in [0.15, 0.2) is 0 Å². The zero-order valence-electron chi connectivity index (χ0n) is 12.8. The van der Waals surface area contributed by atoms with E-state index < -0.39 is 5.60 Å². The van der Waals surface area contributed by atoms with E-state index in [2.05, 4.69) is 29.4 Å². The third-order valence-corrected chi connectivity index (χ3v) is 4.93. The maximum atomic E-state index is 10.7. The van der Waals surface area contributed by atoms with Crippen LogP contribution in [-0.4, -0.2) is 16.6 Å². The number of hydrogen-bond donors (Lipinski definition) is 2. The van der Waals surface area contributed by atoms with Crippen molar-refractivity contribution in [3.63, 3.8) is 0 Å². The van der Waals surface area contributed by atoms with Crippen LogP contribution in [0.4, 0.5) is 5.69 Å². The second-order valence-corrected chi connectivity index (χ2v) is 6.58. The number of pyridine rings is 1.